The summed E-state index contributed by atoms with van der Waals surface area (Å²) < 4.78 is 0. The number of allylic oxidation sites excluding steroid dienone is 9. The monoisotopic (exact) mass is 821 g/mol. The third-order valence-electron chi connectivity index (χ3n) is 13.7. The predicted molar refractivity (Wildman–Crippen MR) is 270 cm³/mol. The SMILES string of the molecule is C=C(/C=C\C(=C/C)c1cc(C)ccc1C)C(C)(C)C.C=C(C)/C(C(C)=O)=C(\P)C1(C)CCCC1(C)Cc1ccc(C)c(C)c1C.C=CC[C@@H](CC)CC(C)CCCCC. The number of ketones is 1. The maximum Gasteiger partial charge on any atom is 0.160 e. The minimum absolute atomic E-state index is 0.0111. The number of benzene rings is 2. The van der Waals surface area contributed by atoms with Gasteiger partial charge in [0.15, 0.2) is 5.78 Å². The highest BCUT2D eigenvalue weighted by molar-refractivity contribution is 7.22. The fourth-order valence-corrected chi connectivity index (χ4v) is 9.64. The van der Waals surface area contributed by atoms with E-state index in [2.05, 4.69) is 181 Å². The molecule has 0 N–H and O–H groups in total. The van der Waals surface area contributed by atoms with Gasteiger partial charge in [0.1, 0.15) is 0 Å². The van der Waals surface area contributed by atoms with E-state index in [1.165, 1.54) is 102 Å². The van der Waals surface area contributed by atoms with Crippen LogP contribution in [0.2, 0.25) is 0 Å². The van der Waals surface area contributed by atoms with Crippen LogP contribution in [0.15, 0.2) is 96.4 Å². The highest BCUT2D eigenvalue weighted by Crippen LogP contribution is 2.61. The van der Waals surface area contributed by atoms with Gasteiger partial charge in [0.2, 0.25) is 0 Å². The molecule has 1 nitrogen and oxygen atoms in total. The lowest BCUT2D eigenvalue weighted by molar-refractivity contribution is -0.113. The molecular formula is C57H89OP. The highest BCUT2D eigenvalue weighted by Gasteiger charge is 2.50. The first-order valence-corrected chi connectivity index (χ1v) is 23.5. The normalized spacial score (nSPS) is 19.5. The molecule has 1 fully saturated rings. The standard InChI is InChI=1S/C24H35OP.C19H26.C14H28/c1-15(2)21(19(6)25)22(26)24(8)13-9-12-23(24,7)14-20-11-10-16(3)17(4)18(20)5;1-8-17(12-11-16(4)19(5,6)7)18-13-14(2)9-10-15(18)3;1-5-8-9-11-13(4)12-14(7-3)10-6-2/h10-11H,1,9,12-14,26H2,2-8H3;8-13H,4H2,1-3,5-7H3;6,13-14H,2,5,7-12H2,1,3-4H3/b22-21+;12-11-,17-8+;/t;;13?,14-/m..1/s1. The molecule has 1 aliphatic carbocycles. The molecule has 0 aliphatic heterocycles. The predicted octanol–water partition coefficient (Wildman–Crippen LogP) is 17.7. The Labute approximate surface area is 368 Å². The second-order valence-electron chi connectivity index (χ2n) is 19.6. The lowest BCUT2D eigenvalue weighted by Gasteiger charge is -2.44. The molecule has 4 unspecified atom stereocenters. The quantitative estimate of drug-likeness (QED) is 0.0511. The summed E-state index contributed by atoms with van der Waals surface area (Å²) in [6.07, 6.45) is 22.6. The van der Waals surface area contributed by atoms with E-state index in [-0.39, 0.29) is 22.0 Å². The van der Waals surface area contributed by atoms with Crippen LogP contribution in [0, 0.1) is 62.7 Å². The second kappa shape index (κ2) is 25.0. The Balaban J connectivity index is 0.000000467. The van der Waals surface area contributed by atoms with Gasteiger partial charge in [-0.15, -0.1) is 15.8 Å². The zero-order chi connectivity index (χ0) is 45.3. The van der Waals surface area contributed by atoms with Crippen molar-refractivity contribution in [3.05, 3.63) is 135 Å². The van der Waals surface area contributed by atoms with Crippen LogP contribution >= 0.6 is 9.24 Å². The molecule has 2 heteroatoms. The molecular weight excluding hydrogens is 732 g/mol. The van der Waals surface area contributed by atoms with Crippen molar-refractivity contribution in [2.45, 2.75) is 181 Å². The van der Waals surface area contributed by atoms with E-state index >= 15 is 0 Å². The van der Waals surface area contributed by atoms with Crippen LogP contribution in [0.5, 0.6) is 0 Å². The summed E-state index contributed by atoms with van der Waals surface area (Å²) in [5.74, 6) is 1.91. The maximum atomic E-state index is 12.3. The number of carbonyl (C=O) groups is 1. The first-order valence-electron chi connectivity index (χ1n) is 22.9. The molecule has 0 heterocycles. The lowest BCUT2D eigenvalue weighted by Crippen LogP contribution is -2.36. The summed E-state index contributed by atoms with van der Waals surface area (Å²) in [6.45, 7) is 47.0. The number of aryl methyl sites for hydroxylation is 3. The van der Waals surface area contributed by atoms with Crippen LogP contribution in [0.4, 0.5) is 0 Å². The minimum Gasteiger partial charge on any atom is -0.294 e. The first kappa shape index (κ1) is 54.0. The molecule has 3 rings (SSSR count). The van der Waals surface area contributed by atoms with E-state index in [4.69, 9.17) is 0 Å². The van der Waals surface area contributed by atoms with Crippen molar-refractivity contribution in [3.63, 3.8) is 0 Å². The molecule has 0 radical (unpaired) electrons. The molecule has 0 aromatic heterocycles. The molecule has 0 bridgehead atoms. The van der Waals surface area contributed by atoms with E-state index in [0.29, 0.717) is 0 Å². The van der Waals surface area contributed by atoms with Crippen molar-refractivity contribution in [2.75, 3.05) is 0 Å². The smallest absolute Gasteiger partial charge is 0.160 e. The van der Waals surface area contributed by atoms with Gasteiger partial charge in [-0.2, -0.15) is 0 Å². The number of rotatable bonds is 17. The van der Waals surface area contributed by atoms with Crippen molar-refractivity contribution < 1.29 is 4.79 Å². The molecule has 0 saturated heterocycles. The summed E-state index contributed by atoms with van der Waals surface area (Å²) in [7, 11) is 2.92. The van der Waals surface area contributed by atoms with Crippen molar-refractivity contribution in [3.8, 4) is 0 Å². The van der Waals surface area contributed by atoms with Crippen LogP contribution in [-0.4, -0.2) is 5.78 Å². The Morgan fingerprint density at radius 3 is 2.07 bits per heavy atom. The fourth-order valence-electron chi connectivity index (χ4n) is 8.70. The van der Waals surface area contributed by atoms with Crippen molar-refractivity contribution in [2.24, 2.45) is 28.1 Å². The molecule has 59 heavy (non-hydrogen) atoms. The third-order valence-corrected chi connectivity index (χ3v) is 14.6. The van der Waals surface area contributed by atoms with Crippen LogP contribution in [0.1, 0.15) is 179 Å². The van der Waals surface area contributed by atoms with E-state index in [9.17, 15) is 4.79 Å². The molecule has 2 aromatic carbocycles. The summed E-state index contributed by atoms with van der Waals surface area (Å²) in [5, 5.41) is 1.15. The largest absolute Gasteiger partial charge is 0.294 e. The summed E-state index contributed by atoms with van der Waals surface area (Å²) >= 11 is 0. The van der Waals surface area contributed by atoms with Gasteiger partial charge < -0.3 is 0 Å². The number of hydrogen-bond donors (Lipinski definition) is 0. The van der Waals surface area contributed by atoms with E-state index in [1.54, 1.807) is 6.92 Å². The van der Waals surface area contributed by atoms with Gasteiger partial charge in [0.25, 0.3) is 0 Å². The zero-order valence-electron chi connectivity index (χ0n) is 41.2. The van der Waals surface area contributed by atoms with Gasteiger partial charge in [-0.1, -0.05) is 167 Å². The van der Waals surface area contributed by atoms with E-state index in [1.807, 2.05) is 6.92 Å². The molecule has 1 saturated carbocycles. The third kappa shape index (κ3) is 16.1. The Morgan fingerprint density at radius 1 is 0.915 bits per heavy atom. The maximum absolute atomic E-state index is 12.3. The van der Waals surface area contributed by atoms with Crippen molar-refractivity contribution in [1.29, 1.82) is 0 Å². The summed E-state index contributed by atoms with van der Waals surface area (Å²) in [5.41, 5.74) is 13.9. The fraction of sp³-hybridized carbons (Fsp3) is 0.561. The number of hydrogen-bond acceptors (Lipinski definition) is 1. The zero-order valence-corrected chi connectivity index (χ0v) is 42.4. The highest BCUT2D eigenvalue weighted by atomic mass is 31.0. The Morgan fingerprint density at radius 2 is 1.54 bits per heavy atom. The van der Waals surface area contributed by atoms with Crippen LogP contribution < -0.4 is 0 Å². The Hall–Kier alpha value is -3.02. The Bertz CT molecular complexity index is 1790. The average molecular weight is 821 g/mol. The Kier molecular flexibility index (Phi) is 22.9. The number of Topliss-reactive ketones (excluding diaryl/α,β-unsaturated/α-hetero) is 1. The number of unbranched alkanes of at least 4 members (excludes halogenated alkanes) is 2. The lowest BCUT2D eigenvalue weighted by atomic mass is 9.63. The molecule has 1 aliphatic rings. The molecule has 2 aromatic rings. The van der Waals surface area contributed by atoms with Gasteiger partial charge in [-0.3, -0.25) is 4.79 Å². The second-order valence-corrected chi connectivity index (χ2v) is 20.2. The van der Waals surface area contributed by atoms with Crippen LogP contribution in [0.3, 0.4) is 0 Å². The molecule has 5 atom stereocenters. The van der Waals surface area contributed by atoms with E-state index < -0.39 is 0 Å². The van der Waals surface area contributed by atoms with Crippen LogP contribution in [-0.2, 0) is 11.2 Å². The summed E-state index contributed by atoms with van der Waals surface area (Å²) in [4.78, 5) is 12.3. The summed E-state index contributed by atoms with van der Waals surface area (Å²) in [6, 6.07) is 11.1. The molecule has 0 spiro atoms. The molecule has 0 amide bonds. The van der Waals surface area contributed by atoms with Gasteiger partial charge in [0.05, 0.1) is 0 Å². The van der Waals surface area contributed by atoms with Crippen LogP contribution in [0.25, 0.3) is 5.57 Å². The van der Waals surface area contributed by atoms with Gasteiger partial charge >= 0.3 is 0 Å². The average Bonchev–Trinajstić information content (AvgIpc) is 3.46. The van der Waals surface area contributed by atoms with Gasteiger partial charge in [0, 0.05) is 5.57 Å². The van der Waals surface area contributed by atoms with E-state index in [0.717, 1.165) is 46.7 Å². The van der Waals surface area contributed by atoms with Crippen molar-refractivity contribution >= 4 is 20.6 Å². The van der Waals surface area contributed by atoms with Crippen molar-refractivity contribution in [1.82, 2.24) is 0 Å². The minimum atomic E-state index is -0.0111. The molecule has 328 valence electrons. The topological polar surface area (TPSA) is 17.1 Å². The number of carbonyl (C=O) groups excluding carboxylic acids is 1. The van der Waals surface area contributed by atoms with Gasteiger partial charge in [-0.25, -0.2) is 0 Å². The van der Waals surface area contributed by atoms with Gasteiger partial charge in [-0.05, 0) is 171 Å². The first-order chi connectivity index (χ1) is 27.4.